The normalized spacial score (nSPS) is 32.8. The van der Waals surface area contributed by atoms with Crippen LogP contribution in [0.3, 0.4) is 0 Å². The molecule has 2 unspecified atom stereocenters. The minimum atomic E-state index is 0.510. The Morgan fingerprint density at radius 1 is 1.24 bits per heavy atom. The SMILES string of the molecule is CC(CN1CCCCC1)NCC1(C)CCCS1. The summed E-state index contributed by atoms with van der Waals surface area (Å²) in [5, 5.41) is 3.75. The molecule has 2 atom stereocenters. The summed E-state index contributed by atoms with van der Waals surface area (Å²) >= 11 is 2.16. The molecule has 2 heterocycles. The first-order valence-corrected chi connectivity index (χ1v) is 8.26. The highest BCUT2D eigenvalue weighted by atomic mass is 32.2. The topological polar surface area (TPSA) is 15.3 Å². The number of likely N-dealkylation sites (tertiary alicyclic amines) is 1. The fourth-order valence-corrected chi connectivity index (χ4v) is 4.22. The number of thioether (sulfide) groups is 1. The average Bonchev–Trinajstić information content (AvgIpc) is 2.76. The molecule has 2 nitrogen and oxygen atoms in total. The van der Waals surface area contributed by atoms with E-state index in [1.807, 2.05) is 0 Å². The summed E-state index contributed by atoms with van der Waals surface area (Å²) in [6.45, 7) is 9.83. The molecule has 0 aromatic carbocycles. The molecule has 0 aromatic heterocycles. The van der Waals surface area contributed by atoms with E-state index in [1.165, 1.54) is 64.0 Å². The van der Waals surface area contributed by atoms with E-state index in [9.17, 15) is 0 Å². The maximum atomic E-state index is 3.75. The van der Waals surface area contributed by atoms with Gasteiger partial charge in [-0.1, -0.05) is 6.42 Å². The quantitative estimate of drug-likeness (QED) is 0.814. The van der Waals surface area contributed by atoms with Gasteiger partial charge in [0.05, 0.1) is 0 Å². The van der Waals surface area contributed by atoms with Crippen molar-refractivity contribution in [2.75, 3.05) is 31.9 Å². The number of piperidine rings is 1. The first kappa shape index (κ1) is 13.7. The molecule has 100 valence electrons. The summed E-state index contributed by atoms with van der Waals surface area (Å²) in [7, 11) is 0. The van der Waals surface area contributed by atoms with Gasteiger partial charge in [0.2, 0.25) is 0 Å². The van der Waals surface area contributed by atoms with Gasteiger partial charge in [0.25, 0.3) is 0 Å². The molecule has 2 rings (SSSR count). The van der Waals surface area contributed by atoms with E-state index in [-0.39, 0.29) is 0 Å². The predicted molar refractivity (Wildman–Crippen MR) is 77.9 cm³/mol. The van der Waals surface area contributed by atoms with Gasteiger partial charge in [-0.2, -0.15) is 11.8 Å². The molecule has 2 aliphatic rings. The van der Waals surface area contributed by atoms with Crippen molar-refractivity contribution in [2.45, 2.75) is 56.7 Å². The number of hydrogen-bond donors (Lipinski definition) is 1. The molecule has 0 amide bonds. The van der Waals surface area contributed by atoms with Crippen LogP contribution >= 0.6 is 11.8 Å². The number of nitrogens with zero attached hydrogens (tertiary/aromatic N) is 1. The van der Waals surface area contributed by atoms with Crippen LogP contribution in [0.1, 0.15) is 46.0 Å². The van der Waals surface area contributed by atoms with Gasteiger partial charge >= 0.3 is 0 Å². The van der Waals surface area contributed by atoms with E-state index in [4.69, 9.17) is 0 Å². The Bertz CT molecular complexity index is 220. The molecular weight excluding hydrogens is 228 g/mol. The second-order valence-electron chi connectivity index (χ2n) is 6.05. The van der Waals surface area contributed by atoms with Crippen molar-refractivity contribution in [3.05, 3.63) is 0 Å². The van der Waals surface area contributed by atoms with Crippen LogP contribution in [0.5, 0.6) is 0 Å². The molecule has 0 aliphatic carbocycles. The Balaban J connectivity index is 1.64. The van der Waals surface area contributed by atoms with Crippen molar-refractivity contribution in [1.82, 2.24) is 10.2 Å². The lowest BCUT2D eigenvalue weighted by Crippen LogP contribution is -2.45. The van der Waals surface area contributed by atoms with E-state index in [0.29, 0.717) is 10.8 Å². The van der Waals surface area contributed by atoms with Crippen LogP contribution in [0.25, 0.3) is 0 Å². The molecule has 2 saturated heterocycles. The smallest absolute Gasteiger partial charge is 0.0256 e. The fraction of sp³-hybridized carbons (Fsp3) is 1.00. The number of rotatable bonds is 5. The molecular formula is C14H28N2S. The lowest BCUT2D eigenvalue weighted by molar-refractivity contribution is 0.208. The van der Waals surface area contributed by atoms with Gasteiger partial charge in [0.1, 0.15) is 0 Å². The van der Waals surface area contributed by atoms with E-state index < -0.39 is 0 Å². The highest BCUT2D eigenvalue weighted by Gasteiger charge is 2.29. The molecule has 2 aliphatic heterocycles. The van der Waals surface area contributed by atoms with Gasteiger partial charge in [-0.25, -0.2) is 0 Å². The molecule has 0 radical (unpaired) electrons. The molecule has 1 N–H and O–H groups in total. The second-order valence-corrected chi connectivity index (χ2v) is 7.73. The fourth-order valence-electron chi connectivity index (χ4n) is 2.96. The summed E-state index contributed by atoms with van der Waals surface area (Å²) < 4.78 is 0.510. The number of nitrogens with one attached hydrogen (secondary N) is 1. The molecule has 0 saturated carbocycles. The van der Waals surface area contributed by atoms with Crippen molar-refractivity contribution < 1.29 is 0 Å². The minimum absolute atomic E-state index is 0.510. The molecule has 0 bridgehead atoms. The van der Waals surface area contributed by atoms with Crippen molar-refractivity contribution in [3.63, 3.8) is 0 Å². The summed E-state index contributed by atoms with van der Waals surface area (Å²) in [6, 6.07) is 0.645. The van der Waals surface area contributed by atoms with Crippen LogP contribution < -0.4 is 5.32 Å². The van der Waals surface area contributed by atoms with Crippen LogP contribution in [0.4, 0.5) is 0 Å². The molecule has 0 spiro atoms. The Kier molecular flexibility index (Phi) is 5.19. The van der Waals surface area contributed by atoms with Crippen LogP contribution in [0.2, 0.25) is 0 Å². The summed E-state index contributed by atoms with van der Waals surface area (Å²) in [6.07, 6.45) is 7.04. The summed E-state index contributed by atoms with van der Waals surface area (Å²) in [4.78, 5) is 2.63. The van der Waals surface area contributed by atoms with Gasteiger partial charge in [-0.05, 0) is 58.4 Å². The zero-order valence-corrected chi connectivity index (χ0v) is 12.3. The van der Waals surface area contributed by atoms with Crippen molar-refractivity contribution in [3.8, 4) is 0 Å². The van der Waals surface area contributed by atoms with Gasteiger partial charge in [-0.15, -0.1) is 0 Å². The standard InChI is InChI=1S/C14H28N2S/c1-13(11-16-8-4-3-5-9-16)15-12-14(2)7-6-10-17-14/h13,15H,3-12H2,1-2H3. The Hall–Kier alpha value is 0.270. The van der Waals surface area contributed by atoms with Gasteiger partial charge in [-0.3, -0.25) is 0 Å². The van der Waals surface area contributed by atoms with Gasteiger partial charge in [0, 0.05) is 23.9 Å². The predicted octanol–water partition coefficient (Wildman–Crippen LogP) is 2.74. The molecule has 3 heteroatoms. The van der Waals surface area contributed by atoms with Crippen LogP contribution in [-0.2, 0) is 0 Å². The van der Waals surface area contributed by atoms with Crippen LogP contribution in [-0.4, -0.2) is 47.6 Å². The lowest BCUT2D eigenvalue weighted by atomic mass is 10.1. The zero-order valence-electron chi connectivity index (χ0n) is 11.5. The molecule has 17 heavy (non-hydrogen) atoms. The van der Waals surface area contributed by atoms with Gasteiger partial charge in [0.15, 0.2) is 0 Å². The minimum Gasteiger partial charge on any atom is -0.312 e. The van der Waals surface area contributed by atoms with E-state index in [0.717, 1.165) is 0 Å². The first-order chi connectivity index (χ1) is 8.18. The van der Waals surface area contributed by atoms with E-state index >= 15 is 0 Å². The third-order valence-electron chi connectivity index (χ3n) is 4.11. The van der Waals surface area contributed by atoms with Crippen molar-refractivity contribution in [1.29, 1.82) is 0 Å². The second kappa shape index (κ2) is 6.44. The van der Waals surface area contributed by atoms with Crippen LogP contribution in [0, 0.1) is 0 Å². The summed E-state index contributed by atoms with van der Waals surface area (Å²) in [5.74, 6) is 1.36. The van der Waals surface area contributed by atoms with Crippen LogP contribution in [0.15, 0.2) is 0 Å². The van der Waals surface area contributed by atoms with Gasteiger partial charge < -0.3 is 10.2 Å². The Labute approximate surface area is 111 Å². The van der Waals surface area contributed by atoms with E-state index in [1.54, 1.807) is 0 Å². The van der Waals surface area contributed by atoms with Crippen molar-refractivity contribution in [2.24, 2.45) is 0 Å². The maximum Gasteiger partial charge on any atom is 0.0256 e. The third-order valence-corrected chi connectivity index (χ3v) is 5.64. The summed E-state index contributed by atoms with van der Waals surface area (Å²) in [5.41, 5.74) is 0. The molecule has 2 fully saturated rings. The highest BCUT2D eigenvalue weighted by Crippen LogP contribution is 2.37. The first-order valence-electron chi connectivity index (χ1n) is 7.28. The Morgan fingerprint density at radius 3 is 2.65 bits per heavy atom. The third kappa shape index (κ3) is 4.46. The number of hydrogen-bond acceptors (Lipinski definition) is 3. The largest absolute Gasteiger partial charge is 0.312 e. The highest BCUT2D eigenvalue weighted by molar-refractivity contribution is 8.00. The Morgan fingerprint density at radius 2 is 2.00 bits per heavy atom. The van der Waals surface area contributed by atoms with E-state index in [2.05, 4.69) is 35.8 Å². The monoisotopic (exact) mass is 256 g/mol. The van der Waals surface area contributed by atoms with Crippen molar-refractivity contribution >= 4 is 11.8 Å². The zero-order chi connectivity index (χ0) is 12.1. The lowest BCUT2D eigenvalue weighted by Gasteiger charge is -2.31. The average molecular weight is 256 g/mol. The maximum absolute atomic E-state index is 3.75. The molecule has 0 aromatic rings.